The highest BCUT2D eigenvalue weighted by atomic mass is 16.5. The lowest BCUT2D eigenvalue weighted by atomic mass is 10.1. The van der Waals surface area contributed by atoms with Gasteiger partial charge in [0, 0.05) is 25.8 Å². The zero-order valence-corrected chi connectivity index (χ0v) is 15.6. The Morgan fingerprint density at radius 3 is 2.89 bits per heavy atom. The smallest absolute Gasteiger partial charge is 0.276 e. The summed E-state index contributed by atoms with van der Waals surface area (Å²) in [6.07, 6.45) is 4.10. The van der Waals surface area contributed by atoms with Gasteiger partial charge >= 0.3 is 0 Å². The van der Waals surface area contributed by atoms with Gasteiger partial charge in [-0.3, -0.25) is 9.48 Å². The molecule has 0 saturated carbocycles. The largest absolute Gasteiger partial charge is 0.378 e. The average Bonchev–Trinajstić information content (AvgIpc) is 3.21. The van der Waals surface area contributed by atoms with E-state index in [4.69, 9.17) is 4.74 Å². The average molecular weight is 370 g/mol. The molecule has 4 heterocycles. The molecule has 2 N–H and O–H groups in total. The Labute approximate surface area is 158 Å². The molecule has 27 heavy (non-hydrogen) atoms. The third kappa shape index (κ3) is 4.12. The third-order valence-corrected chi connectivity index (χ3v) is 5.14. The number of nitrogens with one attached hydrogen (secondary N) is 2. The molecule has 8 nitrogen and oxygen atoms in total. The Kier molecular flexibility index (Phi) is 5.35. The number of anilines is 2. The molecule has 144 valence electrons. The number of pyridine rings is 1. The first-order chi connectivity index (χ1) is 13.2. The fraction of sp³-hybridized carbons (Fsp3) is 0.526. The molecular formula is C19H26N6O2. The Bertz CT molecular complexity index is 793. The van der Waals surface area contributed by atoms with E-state index >= 15 is 0 Å². The summed E-state index contributed by atoms with van der Waals surface area (Å²) in [6.45, 7) is 6.98. The molecular weight excluding hydrogens is 344 g/mol. The minimum absolute atomic E-state index is 0.207. The number of hydrogen-bond acceptors (Lipinski definition) is 6. The molecule has 2 aliphatic heterocycles. The molecule has 2 saturated heterocycles. The molecule has 2 fully saturated rings. The number of piperidine rings is 1. The van der Waals surface area contributed by atoms with Crippen LogP contribution in [0.3, 0.4) is 0 Å². The zero-order valence-electron chi connectivity index (χ0n) is 15.6. The Morgan fingerprint density at radius 2 is 2.15 bits per heavy atom. The molecule has 1 amide bonds. The molecule has 0 bridgehead atoms. The van der Waals surface area contributed by atoms with Crippen molar-refractivity contribution in [3.05, 3.63) is 35.8 Å². The fourth-order valence-corrected chi connectivity index (χ4v) is 3.56. The summed E-state index contributed by atoms with van der Waals surface area (Å²) >= 11 is 0. The normalized spacial score (nSPS) is 20.5. The molecule has 1 atom stereocenters. The van der Waals surface area contributed by atoms with E-state index in [9.17, 15) is 4.79 Å². The van der Waals surface area contributed by atoms with Gasteiger partial charge in [-0.05, 0) is 44.5 Å². The lowest BCUT2D eigenvalue weighted by molar-refractivity contribution is 0.102. The summed E-state index contributed by atoms with van der Waals surface area (Å²) in [4.78, 5) is 19.4. The first kappa shape index (κ1) is 17.9. The van der Waals surface area contributed by atoms with Gasteiger partial charge in [-0.25, -0.2) is 4.98 Å². The maximum Gasteiger partial charge on any atom is 0.276 e. The van der Waals surface area contributed by atoms with E-state index in [-0.39, 0.29) is 5.91 Å². The summed E-state index contributed by atoms with van der Waals surface area (Å²) in [7, 11) is 0. The van der Waals surface area contributed by atoms with E-state index in [0.717, 1.165) is 63.7 Å². The van der Waals surface area contributed by atoms with Gasteiger partial charge in [-0.1, -0.05) is 0 Å². The predicted molar refractivity (Wildman–Crippen MR) is 103 cm³/mol. The Hall–Kier alpha value is -2.45. The van der Waals surface area contributed by atoms with E-state index in [0.29, 0.717) is 17.4 Å². The van der Waals surface area contributed by atoms with Crippen LogP contribution in [0.2, 0.25) is 0 Å². The van der Waals surface area contributed by atoms with Gasteiger partial charge in [0.15, 0.2) is 5.69 Å². The first-order valence-electron chi connectivity index (χ1n) is 9.58. The monoisotopic (exact) mass is 370 g/mol. The van der Waals surface area contributed by atoms with Crippen LogP contribution in [0, 0.1) is 6.92 Å². The van der Waals surface area contributed by atoms with E-state index in [1.54, 1.807) is 6.07 Å². The van der Waals surface area contributed by atoms with Crippen molar-refractivity contribution < 1.29 is 9.53 Å². The van der Waals surface area contributed by atoms with Crippen LogP contribution in [0.4, 0.5) is 11.5 Å². The van der Waals surface area contributed by atoms with Crippen LogP contribution in [0.15, 0.2) is 24.4 Å². The summed E-state index contributed by atoms with van der Waals surface area (Å²) < 4.78 is 7.28. The third-order valence-electron chi connectivity index (χ3n) is 5.14. The van der Waals surface area contributed by atoms with Gasteiger partial charge in [0.2, 0.25) is 0 Å². The number of aryl methyl sites for hydroxylation is 1. The Balaban J connectivity index is 1.42. The standard InChI is InChI=1S/C19H26N6O2/c1-14-16(4-5-18(21-14)24-9-11-27-12-10-24)22-19(26)17-6-8-25(23-17)15-3-2-7-20-13-15/h4-6,8,15,20H,2-3,7,9-13H2,1H3,(H,22,26). The van der Waals surface area contributed by atoms with Gasteiger partial charge in [-0.15, -0.1) is 0 Å². The summed E-state index contributed by atoms with van der Waals surface area (Å²) in [5, 5.41) is 10.8. The highest BCUT2D eigenvalue weighted by Gasteiger charge is 2.19. The molecule has 2 aliphatic rings. The van der Waals surface area contributed by atoms with Crippen molar-refractivity contribution in [1.82, 2.24) is 20.1 Å². The van der Waals surface area contributed by atoms with Gasteiger partial charge in [0.25, 0.3) is 5.91 Å². The molecule has 8 heteroatoms. The van der Waals surface area contributed by atoms with Crippen LogP contribution in [-0.2, 0) is 4.74 Å². The van der Waals surface area contributed by atoms with Crippen molar-refractivity contribution in [3.63, 3.8) is 0 Å². The molecule has 2 aromatic heterocycles. The minimum Gasteiger partial charge on any atom is -0.378 e. The number of ether oxygens (including phenoxy) is 1. The highest BCUT2D eigenvalue weighted by Crippen LogP contribution is 2.21. The van der Waals surface area contributed by atoms with Crippen LogP contribution in [0.1, 0.15) is 35.1 Å². The molecule has 2 aromatic rings. The second kappa shape index (κ2) is 8.06. The van der Waals surface area contributed by atoms with E-state index in [1.165, 1.54) is 0 Å². The van der Waals surface area contributed by atoms with Crippen LogP contribution < -0.4 is 15.5 Å². The van der Waals surface area contributed by atoms with Crippen molar-refractivity contribution in [2.75, 3.05) is 49.6 Å². The number of carbonyl (C=O) groups excluding carboxylic acids is 1. The fourth-order valence-electron chi connectivity index (χ4n) is 3.56. The van der Waals surface area contributed by atoms with Crippen molar-refractivity contribution >= 4 is 17.4 Å². The van der Waals surface area contributed by atoms with Crippen LogP contribution in [-0.4, -0.2) is 60.1 Å². The summed E-state index contributed by atoms with van der Waals surface area (Å²) in [5.74, 6) is 0.712. The second-order valence-corrected chi connectivity index (χ2v) is 7.04. The minimum atomic E-state index is -0.207. The maximum absolute atomic E-state index is 12.6. The van der Waals surface area contributed by atoms with Crippen molar-refractivity contribution in [3.8, 4) is 0 Å². The predicted octanol–water partition coefficient (Wildman–Crippen LogP) is 1.60. The van der Waals surface area contributed by atoms with E-state index < -0.39 is 0 Å². The second-order valence-electron chi connectivity index (χ2n) is 7.04. The quantitative estimate of drug-likeness (QED) is 0.851. The van der Waals surface area contributed by atoms with E-state index in [1.807, 2.05) is 29.9 Å². The molecule has 0 aromatic carbocycles. The number of amides is 1. The van der Waals surface area contributed by atoms with Crippen LogP contribution >= 0.6 is 0 Å². The number of hydrogen-bond donors (Lipinski definition) is 2. The number of rotatable bonds is 4. The van der Waals surface area contributed by atoms with Crippen molar-refractivity contribution in [2.24, 2.45) is 0 Å². The number of aromatic nitrogens is 3. The molecule has 4 rings (SSSR count). The van der Waals surface area contributed by atoms with Crippen LogP contribution in [0.25, 0.3) is 0 Å². The van der Waals surface area contributed by atoms with Crippen molar-refractivity contribution in [1.29, 1.82) is 0 Å². The van der Waals surface area contributed by atoms with Gasteiger partial charge in [-0.2, -0.15) is 5.10 Å². The molecule has 0 aliphatic carbocycles. The van der Waals surface area contributed by atoms with Gasteiger partial charge in [0.1, 0.15) is 5.82 Å². The summed E-state index contributed by atoms with van der Waals surface area (Å²) in [5.41, 5.74) is 1.94. The lowest BCUT2D eigenvalue weighted by Gasteiger charge is -2.28. The highest BCUT2D eigenvalue weighted by molar-refractivity contribution is 6.03. The zero-order chi connectivity index (χ0) is 18.6. The van der Waals surface area contributed by atoms with Gasteiger partial charge < -0.3 is 20.3 Å². The molecule has 1 unspecified atom stereocenters. The number of morpholine rings is 1. The van der Waals surface area contributed by atoms with E-state index in [2.05, 4.69) is 25.6 Å². The lowest BCUT2D eigenvalue weighted by Crippen LogP contribution is -2.36. The van der Waals surface area contributed by atoms with Gasteiger partial charge in [0.05, 0.1) is 30.6 Å². The maximum atomic E-state index is 12.6. The first-order valence-corrected chi connectivity index (χ1v) is 9.58. The van der Waals surface area contributed by atoms with Crippen LogP contribution in [0.5, 0.6) is 0 Å². The molecule has 0 radical (unpaired) electrons. The number of carbonyl (C=O) groups is 1. The molecule has 0 spiro atoms. The SMILES string of the molecule is Cc1nc(N2CCOCC2)ccc1NC(=O)c1ccn(C2CCCNC2)n1. The topological polar surface area (TPSA) is 84.3 Å². The summed E-state index contributed by atoms with van der Waals surface area (Å²) in [6, 6.07) is 5.94. The Morgan fingerprint density at radius 1 is 1.30 bits per heavy atom. The van der Waals surface area contributed by atoms with Crippen molar-refractivity contribution in [2.45, 2.75) is 25.8 Å². The number of nitrogens with zero attached hydrogens (tertiary/aromatic N) is 4.